The molecule has 140 valence electrons. The maximum absolute atomic E-state index is 12.6. The van der Waals surface area contributed by atoms with E-state index in [2.05, 4.69) is 20.3 Å². The van der Waals surface area contributed by atoms with Gasteiger partial charge in [-0.1, -0.05) is 29.5 Å². The summed E-state index contributed by atoms with van der Waals surface area (Å²) in [6, 6.07) is 13.3. The number of aryl methyl sites for hydroxylation is 1. The molecule has 0 saturated heterocycles. The molecule has 3 aromatic rings. The Hall–Kier alpha value is -2.81. The van der Waals surface area contributed by atoms with E-state index >= 15 is 0 Å². The van der Waals surface area contributed by atoms with Gasteiger partial charge >= 0.3 is 6.61 Å². The molecule has 0 aliphatic heterocycles. The van der Waals surface area contributed by atoms with Crippen molar-refractivity contribution in [3.05, 3.63) is 59.7 Å². The first-order valence-electron chi connectivity index (χ1n) is 8.05. The highest BCUT2D eigenvalue weighted by Gasteiger charge is 2.20. The zero-order chi connectivity index (χ0) is 19.4. The number of benzene rings is 2. The lowest BCUT2D eigenvalue weighted by molar-refractivity contribution is -0.0498. The zero-order valence-electron chi connectivity index (χ0n) is 14.5. The van der Waals surface area contributed by atoms with Gasteiger partial charge < -0.3 is 4.74 Å². The summed E-state index contributed by atoms with van der Waals surface area (Å²) < 4.78 is 30.3. The van der Waals surface area contributed by atoms with Crippen LogP contribution in [0.15, 0.2) is 53.7 Å². The number of rotatable bonds is 7. The first-order valence-corrected chi connectivity index (χ1v) is 8.93. The highest BCUT2D eigenvalue weighted by atomic mass is 32.2. The van der Waals surface area contributed by atoms with Crippen LogP contribution in [0.4, 0.5) is 8.78 Å². The number of Topliss-reactive ketones (excluding diaryl/α,β-unsaturated/α-hetero) is 1. The van der Waals surface area contributed by atoms with Crippen LogP contribution >= 0.6 is 11.8 Å². The number of hydrogen-bond acceptors (Lipinski definition) is 6. The third-order valence-corrected chi connectivity index (χ3v) is 4.77. The molecule has 0 aliphatic rings. The number of carbonyl (C=O) groups excluding carboxylic acids is 1. The van der Waals surface area contributed by atoms with Crippen LogP contribution in [0.1, 0.15) is 22.8 Å². The third-order valence-electron chi connectivity index (χ3n) is 3.73. The van der Waals surface area contributed by atoms with E-state index in [-0.39, 0.29) is 11.5 Å². The number of nitrogens with zero attached hydrogens (tertiary/aromatic N) is 4. The van der Waals surface area contributed by atoms with Gasteiger partial charge in [-0.2, -0.15) is 13.5 Å². The fraction of sp³-hybridized carbons (Fsp3) is 0.222. The van der Waals surface area contributed by atoms with Gasteiger partial charge in [0.05, 0.1) is 10.9 Å². The van der Waals surface area contributed by atoms with Gasteiger partial charge in [-0.3, -0.25) is 4.79 Å². The predicted octanol–water partition coefficient (Wildman–Crippen LogP) is 3.94. The number of tetrazole rings is 1. The van der Waals surface area contributed by atoms with Crippen molar-refractivity contribution in [2.45, 2.75) is 30.9 Å². The molecule has 0 fully saturated rings. The zero-order valence-corrected chi connectivity index (χ0v) is 15.4. The maximum atomic E-state index is 12.6. The van der Waals surface area contributed by atoms with E-state index in [4.69, 9.17) is 0 Å². The van der Waals surface area contributed by atoms with Gasteiger partial charge in [-0.05, 0) is 60.7 Å². The monoisotopic (exact) mass is 390 g/mol. The molecule has 3 rings (SSSR count). The Bertz CT molecular complexity index is 914. The lowest BCUT2D eigenvalue weighted by Gasteiger charge is -2.11. The Morgan fingerprint density at radius 1 is 1.11 bits per heavy atom. The quantitative estimate of drug-likeness (QED) is 0.450. The smallest absolute Gasteiger partial charge is 0.387 e. The Morgan fingerprint density at radius 2 is 1.78 bits per heavy atom. The lowest BCUT2D eigenvalue weighted by Crippen LogP contribution is -2.15. The molecular formula is C18H16F2N4O2S. The summed E-state index contributed by atoms with van der Waals surface area (Å²) in [7, 11) is 0. The second-order valence-electron chi connectivity index (χ2n) is 5.74. The van der Waals surface area contributed by atoms with Crippen molar-refractivity contribution >= 4 is 17.5 Å². The summed E-state index contributed by atoms with van der Waals surface area (Å²) in [5.41, 5.74) is 2.30. The molecule has 1 aromatic heterocycles. The molecule has 9 heteroatoms. The fourth-order valence-electron chi connectivity index (χ4n) is 2.35. The Morgan fingerprint density at radius 3 is 2.41 bits per heavy atom. The standard InChI is InChI=1S/C18H16F2N4O2S/c1-11-3-7-14(8-4-11)24-18(21-22-23-24)27-12(2)16(25)13-5-9-15(10-6-13)26-17(19)20/h3-10,12,17H,1-2H3/t12-/m0/s1. The van der Waals surface area contributed by atoms with Crippen LogP contribution in [0, 0.1) is 6.92 Å². The first kappa shape index (κ1) is 19.0. The maximum Gasteiger partial charge on any atom is 0.387 e. The van der Waals surface area contributed by atoms with Crippen molar-refractivity contribution in [1.29, 1.82) is 0 Å². The molecule has 0 unspecified atom stereocenters. The van der Waals surface area contributed by atoms with Gasteiger partial charge in [0.1, 0.15) is 5.75 Å². The number of alkyl halides is 2. The van der Waals surface area contributed by atoms with Gasteiger partial charge in [0.25, 0.3) is 0 Å². The number of ether oxygens (including phenoxy) is 1. The van der Waals surface area contributed by atoms with Gasteiger partial charge in [0, 0.05) is 5.56 Å². The highest BCUT2D eigenvalue weighted by Crippen LogP contribution is 2.26. The minimum Gasteiger partial charge on any atom is -0.435 e. The van der Waals surface area contributed by atoms with Crippen LogP contribution in [0.25, 0.3) is 5.69 Å². The molecule has 0 bridgehead atoms. The predicted molar refractivity (Wildman–Crippen MR) is 96.6 cm³/mol. The lowest BCUT2D eigenvalue weighted by atomic mass is 10.1. The van der Waals surface area contributed by atoms with Crippen molar-refractivity contribution in [2.24, 2.45) is 0 Å². The second kappa shape index (κ2) is 8.26. The third kappa shape index (κ3) is 4.68. The molecule has 0 spiro atoms. The van der Waals surface area contributed by atoms with Gasteiger partial charge in [0.15, 0.2) is 5.78 Å². The summed E-state index contributed by atoms with van der Waals surface area (Å²) in [5, 5.41) is 11.7. The molecule has 0 amide bonds. The minimum atomic E-state index is -2.90. The van der Waals surface area contributed by atoms with Crippen LogP contribution in [0.2, 0.25) is 0 Å². The first-order chi connectivity index (χ1) is 12.9. The summed E-state index contributed by atoms with van der Waals surface area (Å²) in [6.45, 7) is 0.823. The van der Waals surface area contributed by atoms with Crippen LogP contribution in [0.3, 0.4) is 0 Å². The Labute approximate surface area is 158 Å². The van der Waals surface area contributed by atoms with Crippen molar-refractivity contribution in [1.82, 2.24) is 20.2 Å². The second-order valence-corrected chi connectivity index (χ2v) is 7.04. The van der Waals surface area contributed by atoms with Crippen molar-refractivity contribution in [3.63, 3.8) is 0 Å². The van der Waals surface area contributed by atoms with Gasteiger partial charge in [-0.25, -0.2) is 0 Å². The summed E-state index contributed by atoms with van der Waals surface area (Å²) >= 11 is 1.22. The average Bonchev–Trinajstić information content (AvgIpc) is 3.10. The van der Waals surface area contributed by atoms with Crippen molar-refractivity contribution in [3.8, 4) is 11.4 Å². The van der Waals surface area contributed by atoms with E-state index in [9.17, 15) is 13.6 Å². The van der Waals surface area contributed by atoms with E-state index in [0.717, 1.165) is 11.3 Å². The largest absolute Gasteiger partial charge is 0.435 e. The molecule has 1 atom stereocenters. The number of carbonyl (C=O) groups is 1. The van der Waals surface area contributed by atoms with Gasteiger partial charge in [-0.15, -0.1) is 5.10 Å². The molecule has 0 N–H and O–H groups in total. The van der Waals surface area contributed by atoms with Crippen molar-refractivity contribution < 1.29 is 18.3 Å². The van der Waals surface area contributed by atoms with Crippen LogP contribution < -0.4 is 4.74 Å². The number of aromatic nitrogens is 4. The number of halogens is 2. The molecule has 6 nitrogen and oxygen atoms in total. The van der Waals surface area contributed by atoms with Crippen LogP contribution in [0.5, 0.6) is 5.75 Å². The van der Waals surface area contributed by atoms with Crippen LogP contribution in [-0.2, 0) is 0 Å². The van der Waals surface area contributed by atoms with E-state index in [0.29, 0.717) is 10.7 Å². The van der Waals surface area contributed by atoms with E-state index in [1.165, 1.54) is 36.0 Å². The fourth-order valence-corrected chi connectivity index (χ4v) is 3.23. The minimum absolute atomic E-state index is 0.00479. The van der Waals surface area contributed by atoms with Gasteiger partial charge in [0.2, 0.25) is 5.16 Å². The normalized spacial score (nSPS) is 12.2. The highest BCUT2D eigenvalue weighted by molar-refractivity contribution is 8.00. The molecular weight excluding hydrogens is 374 g/mol. The molecule has 1 heterocycles. The van der Waals surface area contributed by atoms with Crippen LogP contribution in [-0.4, -0.2) is 37.9 Å². The molecule has 0 saturated carbocycles. The molecule has 2 aromatic carbocycles. The Balaban J connectivity index is 1.72. The topological polar surface area (TPSA) is 69.9 Å². The molecule has 27 heavy (non-hydrogen) atoms. The Kier molecular flexibility index (Phi) is 5.80. The summed E-state index contributed by atoms with van der Waals surface area (Å²) in [4.78, 5) is 12.6. The van der Waals surface area contributed by atoms with E-state index in [1.807, 2.05) is 31.2 Å². The number of ketones is 1. The molecule has 0 aliphatic carbocycles. The SMILES string of the molecule is Cc1ccc(-n2nnnc2S[C@@H](C)C(=O)c2ccc(OC(F)F)cc2)cc1. The van der Waals surface area contributed by atoms with E-state index < -0.39 is 11.9 Å². The average molecular weight is 390 g/mol. The summed E-state index contributed by atoms with van der Waals surface area (Å²) in [5.74, 6) is -0.160. The number of thioether (sulfide) groups is 1. The molecule has 0 radical (unpaired) electrons. The van der Waals surface area contributed by atoms with Crippen molar-refractivity contribution in [2.75, 3.05) is 0 Å². The number of hydrogen-bond donors (Lipinski definition) is 0. The van der Waals surface area contributed by atoms with E-state index in [1.54, 1.807) is 11.6 Å². The summed E-state index contributed by atoms with van der Waals surface area (Å²) in [6.07, 6.45) is 0.